The summed E-state index contributed by atoms with van der Waals surface area (Å²) in [6, 6.07) is 24.7. The predicted molar refractivity (Wildman–Crippen MR) is 151 cm³/mol. The number of hydrogen-bond acceptors (Lipinski definition) is 6. The molecule has 3 aromatic rings. The second-order valence-electron chi connectivity index (χ2n) is 8.72. The molecular weight excluding hydrogens is 478 g/mol. The number of aryl methyl sites for hydroxylation is 1. The van der Waals surface area contributed by atoms with Crippen molar-refractivity contribution in [1.29, 1.82) is 0 Å². The smallest absolute Gasteiger partial charge is 0.330 e. The molecule has 6 nitrogen and oxygen atoms in total. The molecule has 0 unspecified atom stereocenters. The SMILES string of the molecule is C=CC(=O)OCCc1ccc(N(c2ccc(CCCCOC)cc2)c2ccc(COC(=O)C=C)cc2)cc1. The Balaban J connectivity index is 1.81. The summed E-state index contributed by atoms with van der Waals surface area (Å²) in [4.78, 5) is 24.9. The minimum atomic E-state index is -0.447. The van der Waals surface area contributed by atoms with Crippen LogP contribution in [0.5, 0.6) is 0 Å². The molecule has 0 atom stereocenters. The minimum Gasteiger partial charge on any atom is -0.462 e. The number of ether oxygens (including phenoxy) is 3. The summed E-state index contributed by atoms with van der Waals surface area (Å²) in [5.74, 6) is -0.866. The molecular formula is C32H35NO5. The molecule has 0 aromatic heterocycles. The first-order chi connectivity index (χ1) is 18.5. The average Bonchev–Trinajstić information content (AvgIpc) is 2.96. The molecule has 0 aliphatic rings. The van der Waals surface area contributed by atoms with Crippen molar-refractivity contribution < 1.29 is 23.8 Å². The number of unbranched alkanes of at least 4 members (excludes halogenated alkanes) is 1. The van der Waals surface area contributed by atoms with Gasteiger partial charge in [0.05, 0.1) is 6.61 Å². The number of carbonyl (C=O) groups excluding carboxylic acids is 2. The van der Waals surface area contributed by atoms with Gasteiger partial charge in [-0.05, 0) is 72.4 Å². The average molecular weight is 514 g/mol. The van der Waals surface area contributed by atoms with E-state index in [4.69, 9.17) is 14.2 Å². The number of hydrogen-bond donors (Lipinski definition) is 0. The fourth-order valence-electron chi connectivity index (χ4n) is 3.93. The predicted octanol–water partition coefficient (Wildman–Crippen LogP) is 6.63. The van der Waals surface area contributed by atoms with Crippen LogP contribution in [0.4, 0.5) is 17.1 Å². The van der Waals surface area contributed by atoms with Crippen molar-refractivity contribution >= 4 is 29.0 Å². The summed E-state index contributed by atoms with van der Waals surface area (Å²) in [5.41, 5.74) is 6.24. The molecule has 0 heterocycles. The molecule has 0 bridgehead atoms. The molecule has 0 amide bonds. The van der Waals surface area contributed by atoms with Crippen LogP contribution in [0.15, 0.2) is 98.1 Å². The first-order valence-electron chi connectivity index (χ1n) is 12.7. The van der Waals surface area contributed by atoms with Crippen LogP contribution in [0.25, 0.3) is 0 Å². The first kappa shape index (κ1) is 28.4. The van der Waals surface area contributed by atoms with Gasteiger partial charge in [-0.25, -0.2) is 9.59 Å². The topological polar surface area (TPSA) is 65.1 Å². The molecule has 38 heavy (non-hydrogen) atoms. The second-order valence-corrected chi connectivity index (χ2v) is 8.72. The maximum Gasteiger partial charge on any atom is 0.330 e. The van der Waals surface area contributed by atoms with Crippen molar-refractivity contribution in [3.8, 4) is 0 Å². The van der Waals surface area contributed by atoms with Crippen molar-refractivity contribution in [3.05, 3.63) is 115 Å². The molecule has 0 saturated heterocycles. The Hall–Kier alpha value is -4.16. The molecule has 3 aromatic carbocycles. The van der Waals surface area contributed by atoms with Gasteiger partial charge in [-0.2, -0.15) is 0 Å². The number of carbonyl (C=O) groups is 2. The van der Waals surface area contributed by atoms with Crippen LogP contribution in [0, 0.1) is 0 Å². The van der Waals surface area contributed by atoms with Crippen molar-refractivity contribution in [3.63, 3.8) is 0 Å². The number of methoxy groups -OCH3 is 1. The largest absolute Gasteiger partial charge is 0.462 e. The Morgan fingerprint density at radius 3 is 1.63 bits per heavy atom. The van der Waals surface area contributed by atoms with Gasteiger partial charge >= 0.3 is 11.9 Å². The van der Waals surface area contributed by atoms with E-state index >= 15 is 0 Å². The first-order valence-corrected chi connectivity index (χ1v) is 12.7. The van der Waals surface area contributed by atoms with E-state index in [1.54, 1.807) is 7.11 Å². The third-order valence-electron chi connectivity index (χ3n) is 6.00. The van der Waals surface area contributed by atoms with Crippen LogP contribution < -0.4 is 4.90 Å². The molecule has 0 aliphatic heterocycles. The highest BCUT2D eigenvalue weighted by molar-refractivity contribution is 5.81. The molecule has 6 heteroatoms. The van der Waals surface area contributed by atoms with Crippen LogP contribution >= 0.6 is 0 Å². The summed E-state index contributed by atoms with van der Waals surface area (Å²) in [7, 11) is 1.73. The van der Waals surface area contributed by atoms with Crippen LogP contribution in [0.2, 0.25) is 0 Å². The molecule has 0 radical (unpaired) electrons. The van der Waals surface area contributed by atoms with Crippen LogP contribution in [-0.2, 0) is 43.2 Å². The lowest BCUT2D eigenvalue weighted by atomic mass is 10.1. The van der Waals surface area contributed by atoms with Crippen molar-refractivity contribution in [2.45, 2.75) is 32.3 Å². The fourth-order valence-corrected chi connectivity index (χ4v) is 3.93. The highest BCUT2D eigenvalue weighted by Gasteiger charge is 2.13. The quantitative estimate of drug-likeness (QED) is 0.129. The van der Waals surface area contributed by atoms with E-state index < -0.39 is 11.9 Å². The van der Waals surface area contributed by atoms with Crippen molar-refractivity contribution in [1.82, 2.24) is 0 Å². The highest BCUT2D eigenvalue weighted by atomic mass is 16.5. The lowest BCUT2D eigenvalue weighted by Crippen LogP contribution is -2.10. The van der Waals surface area contributed by atoms with Gasteiger partial charge in [0.25, 0.3) is 0 Å². The monoisotopic (exact) mass is 513 g/mol. The van der Waals surface area contributed by atoms with E-state index in [1.807, 2.05) is 36.4 Å². The van der Waals surface area contributed by atoms with Crippen LogP contribution in [-0.4, -0.2) is 32.3 Å². The van der Waals surface area contributed by atoms with E-state index in [0.717, 1.165) is 60.1 Å². The lowest BCUT2D eigenvalue weighted by molar-refractivity contribution is -0.139. The summed E-state index contributed by atoms with van der Waals surface area (Å²) >= 11 is 0. The lowest BCUT2D eigenvalue weighted by Gasteiger charge is -2.26. The summed E-state index contributed by atoms with van der Waals surface area (Å²) in [6.07, 6.45) is 6.07. The summed E-state index contributed by atoms with van der Waals surface area (Å²) in [5, 5.41) is 0. The zero-order valence-corrected chi connectivity index (χ0v) is 21.9. The van der Waals surface area contributed by atoms with E-state index in [0.29, 0.717) is 13.0 Å². The summed E-state index contributed by atoms with van der Waals surface area (Å²) in [6.45, 7) is 8.12. The molecule has 0 saturated carbocycles. The second kappa shape index (κ2) is 15.2. The Morgan fingerprint density at radius 1 is 0.658 bits per heavy atom. The minimum absolute atomic E-state index is 0.189. The molecule has 0 spiro atoms. The van der Waals surface area contributed by atoms with Gasteiger partial charge in [0.15, 0.2) is 0 Å². The number of benzene rings is 3. The summed E-state index contributed by atoms with van der Waals surface area (Å²) < 4.78 is 15.4. The normalized spacial score (nSPS) is 10.4. The Morgan fingerprint density at radius 2 is 1.13 bits per heavy atom. The third-order valence-corrected chi connectivity index (χ3v) is 6.00. The van der Waals surface area contributed by atoms with Gasteiger partial charge < -0.3 is 19.1 Å². The third kappa shape index (κ3) is 8.75. The van der Waals surface area contributed by atoms with Gasteiger partial charge in [0.2, 0.25) is 0 Å². The number of esters is 2. The van der Waals surface area contributed by atoms with Gasteiger partial charge in [-0.1, -0.05) is 49.6 Å². The van der Waals surface area contributed by atoms with E-state index in [9.17, 15) is 9.59 Å². The molecule has 0 aliphatic carbocycles. The van der Waals surface area contributed by atoms with Gasteiger partial charge in [0, 0.05) is 49.4 Å². The molecule has 0 fully saturated rings. The molecule has 0 N–H and O–H groups in total. The van der Waals surface area contributed by atoms with E-state index in [-0.39, 0.29) is 6.61 Å². The zero-order chi connectivity index (χ0) is 27.2. The number of nitrogens with zero attached hydrogens (tertiary/aromatic N) is 1. The Bertz CT molecular complexity index is 1180. The zero-order valence-electron chi connectivity index (χ0n) is 21.9. The molecule has 198 valence electrons. The Labute approximate surface area is 225 Å². The van der Waals surface area contributed by atoms with Crippen LogP contribution in [0.3, 0.4) is 0 Å². The fraction of sp³-hybridized carbons (Fsp3) is 0.250. The van der Waals surface area contributed by atoms with Gasteiger partial charge in [-0.3, -0.25) is 0 Å². The maximum atomic E-state index is 11.4. The highest BCUT2D eigenvalue weighted by Crippen LogP contribution is 2.35. The van der Waals surface area contributed by atoms with Gasteiger partial charge in [-0.15, -0.1) is 0 Å². The van der Waals surface area contributed by atoms with Crippen LogP contribution in [0.1, 0.15) is 29.5 Å². The maximum absolute atomic E-state index is 11.4. The molecule has 3 rings (SSSR count). The van der Waals surface area contributed by atoms with E-state index in [2.05, 4.69) is 54.5 Å². The van der Waals surface area contributed by atoms with Gasteiger partial charge in [0.1, 0.15) is 6.61 Å². The van der Waals surface area contributed by atoms with Crippen molar-refractivity contribution in [2.24, 2.45) is 0 Å². The number of anilines is 3. The number of rotatable bonds is 15. The standard InChI is InChI=1S/C32H35NO5/c1-4-31(34)37-23-21-26-11-17-29(18-12-26)33(28-15-9-25(10-16-28)8-6-7-22-36-3)30-19-13-27(14-20-30)24-38-32(35)5-2/h4-5,9-20H,1-2,6-8,21-24H2,3H3. The van der Waals surface area contributed by atoms with Crippen molar-refractivity contribution in [2.75, 3.05) is 25.2 Å². The van der Waals surface area contributed by atoms with E-state index in [1.165, 1.54) is 11.6 Å². The Kier molecular flexibility index (Phi) is 11.3.